The standard InChI is InChI=1S/C12H17ClO/c1-4-5-9(2)11-8-10(13)6-7-12(11)14-3/h6-9H,4-5H2,1-3H3. The highest BCUT2D eigenvalue weighted by atomic mass is 35.5. The SMILES string of the molecule is CCCC(C)c1cc(Cl)ccc1OC. The van der Waals surface area contributed by atoms with Gasteiger partial charge in [-0.25, -0.2) is 0 Å². The van der Waals surface area contributed by atoms with Crippen LogP contribution in [0.3, 0.4) is 0 Å². The summed E-state index contributed by atoms with van der Waals surface area (Å²) in [6.07, 6.45) is 2.34. The first-order valence-corrected chi connectivity index (χ1v) is 5.40. The van der Waals surface area contributed by atoms with Crippen molar-refractivity contribution >= 4 is 11.6 Å². The summed E-state index contributed by atoms with van der Waals surface area (Å²) < 4.78 is 5.31. The van der Waals surface area contributed by atoms with Gasteiger partial charge in [-0.15, -0.1) is 0 Å². The molecule has 0 aliphatic carbocycles. The third-order valence-corrected chi connectivity index (χ3v) is 2.68. The normalized spacial score (nSPS) is 12.6. The van der Waals surface area contributed by atoms with Crippen LogP contribution in [0.25, 0.3) is 0 Å². The van der Waals surface area contributed by atoms with Crippen molar-refractivity contribution in [2.24, 2.45) is 0 Å². The summed E-state index contributed by atoms with van der Waals surface area (Å²) in [6.45, 7) is 4.39. The summed E-state index contributed by atoms with van der Waals surface area (Å²) in [4.78, 5) is 0. The fourth-order valence-corrected chi connectivity index (χ4v) is 1.86. The van der Waals surface area contributed by atoms with E-state index in [1.807, 2.05) is 18.2 Å². The Hall–Kier alpha value is -0.690. The Morgan fingerprint density at radius 3 is 2.71 bits per heavy atom. The first-order valence-electron chi connectivity index (χ1n) is 5.02. The lowest BCUT2D eigenvalue weighted by Gasteiger charge is -2.15. The zero-order valence-corrected chi connectivity index (χ0v) is 9.77. The van der Waals surface area contributed by atoms with Crippen molar-refractivity contribution in [1.82, 2.24) is 0 Å². The monoisotopic (exact) mass is 212 g/mol. The second-order valence-corrected chi connectivity index (χ2v) is 4.01. The van der Waals surface area contributed by atoms with E-state index >= 15 is 0 Å². The first-order chi connectivity index (χ1) is 6.69. The molecule has 0 saturated heterocycles. The minimum Gasteiger partial charge on any atom is -0.496 e. The second kappa shape index (κ2) is 5.26. The van der Waals surface area contributed by atoms with E-state index in [0.717, 1.165) is 17.2 Å². The van der Waals surface area contributed by atoms with Gasteiger partial charge in [0.25, 0.3) is 0 Å². The molecule has 0 saturated carbocycles. The molecule has 2 heteroatoms. The average Bonchev–Trinajstić information content (AvgIpc) is 2.18. The van der Waals surface area contributed by atoms with E-state index in [9.17, 15) is 0 Å². The molecule has 0 radical (unpaired) electrons. The van der Waals surface area contributed by atoms with Crippen LogP contribution in [0, 0.1) is 0 Å². The van der Waals surface area contributed by atoms with E-state index in [0.29, 0.717) is 5.92 Å². The van der Waals surface area contributed by atoms with Gasteiger partial charge in [-0.2, -0.15) is 0 Å². The number of benzene rings is 1. The number of hydrogen-bond donors (Lipinski definition) is 0. The molecule has 0 spiro atoms. The Bertz CT molecular complexity index is 296. The number of halogens is 1. The molecule has 1 unspecified atom stereocenters. The number of ether oxygens (including phenoxy) is 1. The maximum Gasteiger partial charge on any atom is 0.122 e. The molecule has 0 heterocycles. The molecule has 0 aliphatic rings. The highest BCUT2D eigenvalue weighted by molar-refractivity contribution is 6.30. The predicted molar refractivity (Wildman–Crippen MR) is 61.3 cm³/mol. The van der Waals surface area contributed by atoms with Gasteiger partial charge in [-0.1, -0.05) is 31.9 Å². The van der Waals surface area contributed by atoms with Crippen molar-refractivity contribution in [1.29, 1.82) is 0 Å². The molecular weight excluding hydrogens is 196 g/mol. The molecule has 0 amide bonds. The van der Waals surface area contributed by atoms with Crippen LogP contribution in [0.2, 0.25) is 5.02 Å². The zero-order chi connectivity index (χ0) is 10.6. The van der Waals surface area contributed by atoms with Crippen LogP contribution in [0.1, 0.15) is 38.2 Å². The fourth-order valence-electron chi connectivity index (χ4n) is 1.68. The van der Waals surface area contributed by atoms with Crippen LogP contribution in [-0.4, -0.2) is 7.11 Å². The lowest BCUT2D eigenvalue weighted by molar-refractivity contribution is 0.405. The summed E-state index contributed by atoms with van der Waals surface area (Å²) in [5.41, 5.74) is 1.21. The topological polar surface area (TPSA) is 9.23 Å². The molecular formula is C12H17ClO. The smallest absolute Gasteiger partial charge is 0.122 e. The fraction of sp³-hybridized carbons (Fsp3) is 0.500. The minimum absolute atomic E-state index is 0.508. The summed E-state index contributed by atoms with van der Waals surface area (Å²) in [5.74, 6) is 1.45. The summed E-state index contributed by atoms with van der Waals surface area (Å²) in [7, 11) is 1.70. The third kappa shape index (κ3) is 2.65. The zero-order valence-electron chi connectivity index (χ0n) is 9.01. The van der Waals surface area contributed by atoms with Crippen LogP contribution in [-0.2, 0) is 0 Å². The van der Waals surface area contributed by atoms with Crippen molar-refractivity contribution in [3.05, 3.63) is 28.8 Å². The first kappa shape index (κ1) is 11.4. The highest BCUT2D eigenvalue weighted by Crippen LogP contribution is 2.31. The van der Waals surface area contributed by atoms with E-state index in [1.54, 1.807) is 7.11 Å². The van der Waals surface area contributed by atoms with E-state index in [4.69, 9.17) is 16.3 Å². The lowest BCUT2D eigenvalue weighted by atomic mass is 9.96. The van der Waals surface area contributed by atoms with Gasteiger partial charge in [0, 0.05) is 5.02 Å². The Morgan fingerprint density at radius 1 is 1.43 bits per heavy atom. The number of rotatable bonds is 4. The second-order valence-electron chi connectivity index (χ2n) is 3.58. The van der Waals surface area contributed by atoms with Gasteiger partial charge in [0.2, 0.25) is 0 Å². The third-order valence-electron chi connectivity index (χ3n) is 2.44. The van der Waals surface area contributed by atoms with Crippen LogP contribution in [0.5, 0.6) is 5.75 Å². The predicted octanol–water partition coefficient (Wildman–Crippen LogP) is 4.25. The largest absolute Gasteiger partial charge is 0.496 e. The molecule has 1 aromatic rings. The van der Waals surface area contributed by atoms with Gasteiger partial charge < -0.3 is 4.74 Å². The van der Waals surface area contributed by atoms with Crippen LogP contribution < -0.4 is 4.74 Å². The molecule has 0 aromatic heterocycles. The highest BCUT2D eigenvalue weighted by Gasteiger charge is 2.10. The van der Waals surface area contributed by atoms with Gasteiger partial charge >= 0.3 is 0 Å². The van der Waals surface area contributed by atoms with Crippen molar-refractivity contribution in [3.63, 3.8) is 0 Å². The molecule has 1 rings (SSSR count). The van der Waals surface area contributed by atoms with Gasteiger partial charge in [-0.3, -0.25) is 0 Å². The quantitative estimate of drug-likeness (QED) is 0.725. The van der Waals surface area contributed by atoms with Crippen LogP contribution in [0.15, 0.2) is 18.2 Å². The molecule has 78 valence electrons. The van der Waals surface area contributed by atoms with Crippen molar-refractivity contribution < 1.29 is 4.74 Å². The Balaban J connectivity index is 2.97. The van der Waals surface area contributed by atoms with Crippen molar-refractivity contribution in [2.45, 2.75) is 32.6 Å². The lowest BCUT2D eigenvalue weighted by Crippen LogP contribution is -1.97. The molecule has 0 N–H and O–H groups in total. The van der Waals surface area contributed by atoms with Gasteiger partial charge in [0.15, 0.2) is 0 Å². The van der Waals surface area contributed by atoms with Crippen molar-refractivity contribution in [3.8, 4) is 5.75 Å². The van der Waals surface area contributed by atoms with E-state index in [2.05, 4.69) is 13.8 Å². The molecule has 0 fully saturated rings. The summed E-state index contributed by atoms with van der Waals surface area (Å²) in [5, 5.41) is 0.781. The Kier molecular flexibility index (Phi) is 4.27. The minimum atomic E-state index is 0.508. The van der Waals surface area contributed by atoms with Gasteiger partial charge in [0.1, 0.15) is 5.75 Å². The molecule has 0 aliphatic heterocycles. The summed E-state index contributed by atoms with van der Waals surface area (Å²) >= 11 is 5.96. The number of methoxy groups -OCH3 is 1. The van der Waals surface area contributed by atoms with E-state index < -0.39 is 0 Å². The van der Waals surface area contributed by atoms with Crippen LogP contribution in [0.4, 0.5) is 0 Å². The maximum atomic E-state index is 5.96. The molecule has 1 aromatic carbocycles. The average molecular weight is 213 g/mol. The van der Waals surface area contributed by atoms with Gasteiger partial charge in [-0.05, 0) is 36.1 Å². The summed E-state index contributed by atoms with van der Waals surface area (Å²) in [6, 6.07) is 5.80. The van der Waals surface area contributed by atoms with Gasteiger partial charge in [0.05, 0.1) is 7.11 Å². The molecule has 1 atom stereocenters. The Labute approximate surface area is 91.0 Å². The molecule has 14 heavy (non-hydrogen) atoms. The maximum absolute atomic E-state index is 5.96. The van der Waals surface area contributed by atoms with E-state index in [-0.39, 0.29) is 0 Å². The number of hydrogen-bond acceptors (Lipinski definition) is 1. The van der Waals surface area contributed by atoms with Crippen LogP contribution >= 0.6 is 11.6 Å². The van der Waals surface area contributed by atoms with Crippen molar-refractivity contribution in [2.75, 3.05) is 7.11 Å². The molecule has 1 nitrogen and oxygen atoms in total. The Morgan fingerprint density at radius 2 is 2.14 bits per heavy atom. The molecule has 0 bridgehead atoms. The van der Waals surface area contributed by atoms with E-state index in [1.165, 1.54) is 12.0 Å².